The number of hydrogen-bond acceptors (Lipinski definition) is 5. The highest BCUT2D eigenvalue weighted by atomic mass is 16.6. The number of carbonyl (C=O) groups excluding carboxylic acids is 1. The van der Waals surface area contributed by atoms with Gasteiger partial charge in [0.25, 0.3) is 0 Å². The molecule has 3 heterocycles. The summed E-state index contributed by atoms with van der Waals surface area (Å²) < 4.78 is 5.56. The third-order valence-electron chi connectivity index (χ3n) is 4.30. The van der Waals surface area contributed by atoms with Gasteiger partial charge in [0.1, 0.15) is 11.3 Å². The Bertz CT molecular complexity index is 735. The minimum Gasteiger partial charge on any atom is -0.444 e. The molecule has 3 rings (SSSR count). The van der Waals surface area contributed by atoms with Crippen molar-refractivity contribution in [1.29, 1.82) is 0 Å². The quantitative estimate of drug-likeness (QED) is 0.869. The molecule has 1 amide bonds. The Balaban J connectivity index is 1.95. The Hall–Kier alpha value is -2.44. The van der Waals surface area contributed by atoms with E-state index in [9.17, 15) is 4.79 Å². The Morgan fingerprint density at radius 1 is 1.29 bits per heavy atom. The summed E-state index contributed by atoms with van der Waals surface area (Å²) in [5.41, 5.74) is 2.16. The predicted octanol–water partition coefficient (Wildman–Crippen LogP) is 3.11. The van der Waals surface area contributed by atoms with Crippen LogP contribution in [0.4, 0.5) is 4.79 Å². The van der Waals surface area contributed by atoms with Crippen molar-refractivity contribution in [2.24, 2.45) is 0 Å². The number of amides is 1. The van der Waals surface area contributed by atoms with Crippen LogP contribution < -0.4 is 0 Å². The summed E-state index contributed by atoms with van der Waals surface area (Å²) >= 11 is 0. The van der Waals surface area contributed by atoms with Crippen LogP contribution in [0.2, 0.25) is 0 Å². The highest BCUT2D eigenvalue weighted by molar-refractivity contribution is 5.70. The topological polar surface area (TPSA) is 84.0 Å². The maximum atomic E-state index is 12.6. The Morgan fingerprint density at radius 2 is 1.96 bits per heavy atom. The molecule has 2 aromatic heterocycles. The number of aromatic nitrogens is 4. The zero-order valence-corrected chi connectivity index (χ0v) is 14.7. The number of carbonyl (C=O) groups is 1. The fraction of sp³-hybridized carbons (Fsp3) is 0.529. The molecule has 0 unspecified atom stereocenters. The van der Waals surface area contributed by atoms with Gasteiger partial charge in [-0.25, -0.2) is 14.8 Å². The molecule has 0 bridgehead atoms. The van der Waals surface area contributed by atoms with Crippen LogP contribution in [0.1, 0.15) is 51.8 Å². The zero-order chi connectivity index (χ0) is 17.5. The van der Waals surface area contributed by atoms with Crippen molar-refractivity contribution in [1.82, 2.24) is 25.1 Å². The van der Waals surface area contributed by atoms with Gasteiger partial charge >= 0.3 is 6.09 Å². The number of H-pyrrole nitrogens is 1. The number of aromatic amines is 1. The van der Waals surface area contributed by atoms with E-state index in [0.29, 0.717) is 18.1 Å². The second-order valence-corrected chi connectivity index (χ2v) is 7.17. The summed E-state index contributed by atoms with van der Waals surface area (Å²) in [7, 11) is 0. The zero-order valence-electron chi connectivity index (χ0n) is 14.7. The predicted molar refractivity (Wildman–Crippen MR) is 89.3 cm³/mol. The standard InChI is InChI=1S/C17H23N5O2/c1-10-11(2)22(16(23)24-17(3,4)5)9-12-13(10)20-21-14(12)15-18-7-6-8-19-15/h6-8,10-11H,9H2,1-5H3,(H,20,21)/t10-,11-/m0/s1. The SMILES string of the molecule is C[C@@H]1c2[nH]nc(-c3ncccn3)c2CN(C(=O)OC(C)(C)C)[C@H]1C. The van der Waals surface area contributed by atoms with Crippen LogP contribution in [0.3, 0.4) is 0 Å². The van der Waals surface area contributed by atoms with E-state index in [4.69, 9.17) is 4.74 Å². The molecule has 128 valence electrons. The summed E-state index contributed by atoms with van der Waals surface area (Å²) in [6.45, 7) is 10.1. The first-order chi connectivity index (χ1) is 11.3. The van der Waals surface area contributed by atoms with Crippen molar-refractivity contribution >= 4 is 6.09 Å². The molecule has 0 spiro atoms. The normalized spacial score (nSPS) is 20.6. The summed E-state index contributed by atoms with van der Waals surface area (Å²) in [6.07, 6.45) is 3.06. The number of rotatable bonds is 1. The lowest BCUT2D eigenvalue weighted by atomic mass is 9.90. The smallest absolute Gasteiger partial charge is 0.410 e. The average Bonchev–Trinajstić information content (AvgIpc) is 2.94. The van der Waals surface area contributed by atoms with Gasteiger partial charge in [-0.2, -0.15) is 5.10 Å². The largest absolute Gasteiger partial charge is 0.444 e. The molecular weight excluding hydrogens is 306 g/mol. The van der Waals surface area contributed by atoms with Crippen molar-refractivity contribution in [3.8, 4) is 11.5 Å². The molecule has 0 aliphatic carbocycles. The molecule has 7 heteroatoms. The maximum Gasteiger partial charge on any atom is 0.410 e. The van der Waals surface area contributed by atoms with E-state index >= 15 is 0 Å². The summed E-state index contributed by atoms with van der Waals surface area (Å²) in [6, 6.07) is 1.78. The van der Waals surface area contributed by atoms with E-state index in [1.165, 1.54) is 0 Å². The van der Waals surface area contributed by atoms with Gasteiger partial charge < -0.3 is 9.64 Å². The molecule has 2 atom stereocenters. The fourth-order valence-electron chi connectivity index (χ4n) is 2.90. The van der Waals surface area contributed by atoms with Crippen molar-refractivity contribution in [3.63, 3.8) is 0 Å². The van der Waals surface area contributed by atoms with Gasteiger partial charge in [-0.1, -0.05) is 6.92 Å². The molecular formula is C17H23N5O2. The molecule has 0 radical (unpaired) electrons. The lowest BCUT2D eigenvalue weighted by Crippen LogP contribution is -2.46. The van der Waals surface area contributed by atoms with E-state index in [-0.39, 0.29) is 18.1 Å². The first-order valence-corrected chi connectivity index (χ1v) is 8.12. The van der Waals surface area contributed by atoms with Crippen molar-refractivity contribution in [3.05, 3.63) is 29.7 Å². The van der Waals surface area contributed by atoms with Crippen LogP contribution in [-0.2, 0) is 11.3 Å². The molecule has 1 aliphatic heterocycles. The molecule has 1 N–H and O–H groups in total. The number of hydrogen-bond donors (Lipinski definition) is 1. The van der Waals surface area contributed by atoms with E-state index in [1.54, 1.807) is 23.4 Å². The molecule has 0 fully saturated rings. The highest BCUT2D eigenvalue weighted by Crippen LogP contribution is 2.36. The average molecular weight is 329 g/mol. The van der Waals surface area contributed by atoms with Crippen LogP contribution in [0.25, 0.3) is 11.5 Å². The summed E-state index contributed by atoms with van der Waals surface area (Å²) in [5, 5.41) is 7.50. The second-order valence-electron chi connectivity index (χ2n) is 7.17. The molecule has 0 saturated heterocycles. The number of nitrogens with zero attached hydrogens (tertiary/aromatic N) is 4. The number of ether oxygens (including phenoxy) is 1. The third kappa shape index (κ3) is 2.98. The highest BCUT2D eigenvalue weighted by Gasteiger charge is 2.37. The van der Waals surface area contributed by atoms with Crippen LogP contribution in [0, 0.1) is 0 Å². The summed E-state index contributed by atoms with van der Waals surface area (Å²) in [4.78, 5) is 22.9. The van der Waals surface area contributed by atoms with E-state index in [2.05, 4.69) is 27.1 Å². The second kappa shape index (κ2) is 5.89. The van der Waals surface area contributed by atoms with E-state index in [0.717, 1.165) is 11.3 Å². The third-order valence-corrected chi connectivity index (χ3v) is 4.30. The Labute approximate surface area is 141 Å². The van der Waals surface area contributed by atoms with Gasteiger partial charge in [0.2, 0.25) is 0 Å². The minimum atomic E-state index is -0.526. The first kappa shape index (κ1) is 16.4. The van der Waals surface area contributed by atoms with Gasteiger partial charge in [0.05, 0.1) is 6.54 Å². The van der Waals surface area contributed by atoms with Gasteiger partial charge in [-0.15, -0.1) is 0 Å². The van der Waals surface area contributed by atoms with Gasteiger partial charge in [0.15, 0.2) is 5.82 Å². The Morgan fingerprint density at radius 3 is 2.58 bits per heavy atom. The molecule has 0 aromatic carbocycles. The summed E-state index contributed by atoms with van der Waals surface area (Å²) in [5.74, 6) is 0.673. The van der Waals surface area contributed by atoms with Crippen molar-refractivity contribution < 1.29 is 9.53 Å². The molecule has 24 heavy (non-hydrogen) atoms. The van der Waals surface area contributed by atoms with Crippen LogP contribution >= 0.6 is 0 Å². The van der Waals surface area contributed by atoms with Gasteiger partial charge in [0, 0.05) is 35.6 Å². The number of nitrogens with one attached hydrogen (secondary N) is 1. The molecule has 7 nitrogen and oxygen atoms in total. The minimum absolute atomic E-state index is 0.0114. The van der Waals surface area contributed by atoms with E-state index < -0.39 is 5.60 Å². The first-order valence-electron chi connectivity index (χ1n) is 8.12. The van der Waals surface area contributed by atoms with Gasteiger partial charge in [-0.3, -0.25) is 5.10 Å². The van der Waals surface area contributed by atoms with E-state index in [1.807, 2.05) is 27.7 Å². The Kier molecular flexibility index (Phi) is 4.03. The number of fused-ring (bicyclic) bond motifs is 1. The monoisotopic (exact) mass is 329 g/mol. The van der Waals surface area contributed by atoms with Crippen molar-refractivity contribution in [2.75, 3.05) is 0 Å². The maximum absolute atomic E-state index is 12.6. The van der Waals surface area contributed by atoms with Crippen LogP contribution in [0.5, 0.6) is 0 Å². The molecule has 0 saturated carbocycles. The molecule has 1 aliphatic rings. The lowest BCUT2D eigenvalue weighted by Gasteiger charge is -2.38. The fourth-order valence-corrected chi connectivity index (χ4v) is 2.90. The molecule has 2 aromatic rings. The van der Waals surface area contributed by atoms with Crippen molar-refractivity contribution in [2.45, 2.75) is 58.7 Å². The van der Waals surface area contributed by atoms with Crippen LogP contribution in [-0.4, -0.2) is 42.8 Å². The lowest BCUT2D eigenvalue weighted by molar-refractivity contribution is 0.0110. The van der Waals surface area contributed by atoms with Crippen LogP contribution in [0.15, 0.2) is 18.5 Å². The van der Waals surface area contributed by atoms with Gasteiger partial charge in [-0.05, 0) is 33.8 Å².